The van der Waals surface area contributed by atoms with E-state index in [9.17, 15) is 5.26 Å². The van der Waals surface area contributed by atoms with E-state index in [1.54, 1.807) is 11.3 Å². The van der Waals surface area contributed by atoms with Crippen LogP contribution in [0.1, 0.15) is 48.8 Å². The topological polar surface area (TPSA) is 49.6 Å². The second-order valence-electron chi connectivity index (χ2n) is 13.9. The first-order valence-electron chi connectivity index (χ1n) is 17.8. The molecule has 2 aromatic heterocycles. The molecule has 51 heavy (non-hydrogen) atoms. The van der Waals surface area contributed by atoms with Gasteiger partial charge in [0.25, 0.3) is 0 Å². The maximum Gasteiger partial charge on any atom is 0.160 e. The minimum absolute atomic E-state index is 0.00528. The smallest absolute Gasteiger partial charge is 0.160 e. The van der Waals surface area contributed by atoms with E-state index in [0.29, 0.717) is 0 Å². The van der Waals surface area contributed by atoms with Crippen molar-refractivity contribution in [3.8, 4) is 62.1 Å². The monoisotopic (exact) mass is 671 g/mol. The summed E-state index contributed by atoms with van der Waals surface area (Å²) in [6.45, 7) is 0. The summed E-state index contributed by atoms with van der Waals surface area (Å²) in [7, 11) is 0. The Morgan fingerprint density at radius 3 is 2.08 bits per heavy atom. The van der Waals surface area contributed by atoms with Crippen molar-refractivity contribution < 1.29 is 0 Å². The van der Waals surface area contributed by atoms with Gasteiger partial charge >= 0.3 is 0 Å². The molecule has 0 bridgehead atoms. The van der Waals surface area contributed by atoms with Crippen LogP contribution in [0.4, 0.5) is 0 Å². The molecule has 2 heterocycles. The van der Waals surface area contributed by atoms with Gasteiger partial charge in [-0.2, -0.15) is 5.26 Å². The molecular formula is C47H33N3S. The lowest BCUT2D eigenvalue weighted by atomic mass is 9.67. The summed E-state index contributed by atoms with van der Waals surface area (Å²) in [5, 5.41) is 11.0. The third-order valence-electron chi connectivity index (χ3n) is 11.2. The van der Waals surface area contributed by atoms with Gasteiger partial charge in [0.15, 0.2) is 5.82 Å². The standard InChI is InChI=1S/C47H33N3S/c48-29-30-17-23-36-39-28-34(22-24-40(39)47(41(36)27-30)25-9-2-10-26-47)35-13-5-6-14-37(35)43-45-44(38-15-7-8-16-42(38)51-45)50-46(49-43)33-20-18-32(19-21-33)31-11-3-1-4-12-31/h1,3-8,11-24,27-28H,2,9-10,25-26H2. The zero-order valence-corrected chi connectivity index (χ0v) is 28.9. The number of nitrogens with zero attached hydrogens (tertiary/aromatic N) is 3. The first-order chi connectivity index (χ1) is 25.2. The average molecular weight is 672 g/mol. The van der Waals surface area contributed by atoms with Gasteiger partial charge in [0, 0.05) is 26.6 Å². The average Bonchev–Trinajstić information content (AvgIpc) is 3.71. The Labute approximate surface area is 301 Å². The zero-order chi connectivity index (χ0) is 33.9. The summed E-state index contributed by atoms with van der Waals surface area (Å²) < 4.78 is 2.31. The van der Waals surface area contributed by atoms with Gasteiger partial charge in [-0.15, -0.1) is 11.3 Å². The molecule has 3 nitrogen and oxygen atoms in total. The van der Waals surface area contributed by atoms with Gasteiger partial charge < -0.3 is 0 Å². The lowest BCUT2D eigenvalue weighted by Gasteiger charge is -2.36. The van der Waals surface area contributed by atoms with Crippen LogP contribution in [0, 0.1) is 11.3 Å². The Bertz CT molecular complexity index is 2680. The van der Waals surface area contributed by atoms with Crippen molar-refractivity contribution >= 4 is 31.6 Å². The summed E-state index contributed by atoms with van der Waals surface area (Å²) in [5.74, 6) is 0.728. The minimum atomic E-state index is -0.00528. The summed E-state index contributed by atoms with van der Waals surface area (Å²) in [6, 6.07) is 52.2. The molecule has 0 aliphatic heterocycles. The van der Waals surface area contributed by atoms with Crippen LogP contribution in [-0.4, -0.2) is 9.97 Å². The molecule has 0 amide bonds. The fourth-order valence-electron chi connectivity index (χ4n) is 8.72. The van der Waals surface area contributed by atoms with Crippen molar-refractivity contribution in [1.82, 2.24) is 9.97 Å². The first kappa shape index (κ1) is 30.0. The molecule has 0 saturated heterocycles. The Balaban J connectivity index is 1.15. The van der Waals surface area contributed by atoms with E-state index in [0.717, 1.165) is 62.2 Å². The van der Waals surface area contributed by atoms with Gasteiger partial charge in [0.2, 0.25) is 0 Å². The predicted octanol–water partition coefficient (Wildman–Crippen LogP) is 12.6. The minimum Gasteiger partial charge on any atom is -0.226 e. The molecule has 0 radical (unpaired) electrons. The van der Waals surface area contributed by atoms with Crippen molar-refractivity contribution in [3.05, 3.63) is 156 Å². The molecule has 2 aliphatic carbocycles. The van der Waals surface area contributed by atoms with E-state index in [4.69, 9.17) is 9.97 Å². The fraction of sp³-hybridized carbons (Fsp3) is 0.128. The number of aromatic nitrogens is 2. The second kappa shape index (κ2) is 11.9. The molecule has 0 N–H and O–H groups in total. The van der Waals surface area contributed by atoms with Crippen LogP contribution in [0.15, 0.2) is 140 Å². The number of nitriles is 1. The van der Waals surface area contributed by atoms with Gasteiger partial charge in [0.1, 0.15) is 0 Å². The van der Waals surface area contributed by atoms with Gasteiger partial charge in [-0.05, 0) is 81.6 Å². The van der Waals surface area contributed by atoms with E-state index in [2.05, 4.69) is 133 Å². The third-order valence-corrected chi connectivity index (χ3v) is 12.3. The van der Waals surface area contributed by atoms with Crippen LogP contribution in [0.25, 0.3) is 76.3 Å². The lowest BCUT2D eigenvalue weighted by Crippen LogP contribution is -2.28. The molecule has 1 saturated carbocycles. The van der Waals surface area contributed by atoms with Gasteiger partial charge in [-0.1, -0.05) is 135 Å². The third kappa shape index (κ3) is 4.77. The number of thiophene rings is 1. The second-order valence-corrected chi connectivity index (χ2v) is 15.0. The van der Waals surface area contributed by atoms with E-state index in [1.165, 1.54) is 62.9 Å². The maximum atomic E-state index is 9.82. The van der Waals surface area contributed by atoms with Crippen LogP contribution < -0.4 is 0 Å². The highest BCUT2D eigenvalue weighted by atomic mass is 32.1. The number of fused-ring (bicyclic) bond motifs is 8. The van der Waals surface area contributed by atoms with Crippen molar-refractivity contribution in [2.45, 2.75) is 37.5 Å². The number of benzene rings is 6. The molecule has 242 valence electrons. The van der Waals surface area contributed by atoms with Gasteiger partial charge in [0.05, 0.1) is 27.5 Å². The highest BCUT2D eigenvalue weighted by Crippen LogP contribution is 2.56. The number of hydrogen-bond donors (Lipinski definition) is 0. The van der Waals surface area contributed by atoms with Gasteiger partial charge in [-0.25, -0.2) is 9.97 Å². The van der Waals surface area contributed by atoms with Crippen molar-refractivity contribution in [2.75, 3.05) is 0 Å². The maximum absolute atomic E-state index is 9.82. The van der Waals surface area contributed by atoms with Crippen molar-refractivity contribution in [2.24, 2.45) is 0 Å². The Morgan fingerprint density at radius 2 is 1.25 bits per heavy atom. The molecule has 2 aliphatic rings. The molecule has 0 atom stereocenters. The molecule has 4 heteroatoms. The van der Waals surface area contributed by atoms with Crippen LogP contribution in [0.3, 0.4) is 0 Å². The van der Waals surface area contributed by atoms with E-state index in [-0.39, 0.29) is 5.41 Å². The molecule has 1 fully saturated rings. The van der Waals surface area contributed by atoms with Crippen LogP contribution >= 0.6 is 11.3 Å². The Kier molecular flexibility index (Phi) is 6.98. The van der Waals surface area contributed by atoms with Gasteiger partial charge in [-0.3, -0.25) is 0 Å². The van der Waals surface area contributed by atoms with E-state index in [1.807, 2.05) is 12.1 Å². The first-order valence-corrected chi connectivity index (χ1v) is 18.7. The summed E-state index contributed by atoms with van der Waals surface area (Å²) >= 11 is 1.77. The van der Waals surface area contributed by atoms with Crippen molar-refractivity contribution in [1.29, 1.82) is 5.26 Å². The van der Waals surface area contributed by atoms with Crippen LogP contribution in [-0.2, 0) is 5.41 Å². The molecule has 0 unspecified atom stereocenters. The van der Waals surface area contributed by atoms with E-state index >= 15 is 0 Å². The quantitative estimate of drug-likeness (QED) is 0.187. The largest absolute Gasteiger partial charge is 0.226 e. The Hall–Kier alpha value is -5.89. The molecule has 6 aromatic carbocycles. The summed E-state index contributed by atoms with van der Waals surface area (Å²) in [6.07, 6.45) is 5.99. The SMILES string of the molecule is N#Cc1ccc2c(c1)C1(CCCCC1)c1ccc(-c3ccccc3-c3nc(-c4ccc(-c5ccccc5)cc4)nc4c3sc3ccccc34)cc1-2. The Morgan fingerprint density at radius 1 is 0.549 bits per heavy atom. The van der Waals surface area contributed by atoms with Crippen LogP contribution in [0.2, 0.25) is 0 Å². The highest BCUT2D eigenvalue weighted by molar-refractivity contribution is 7.26. The summed E-state index contributed by atoms with van der Waals surface area (Å²) in [5.41, 5.74) is 14.8. The molecule has 1 spiro atoms. The normalized spacial score (nSPS) is 14.4. The van der Waals surface area contributed by atoms with Crippen molar-refractivity contribution in [3.63, 3.8) is 0 Å². The molecular weight excluding hydrogens is 639 g/mol. The highest BCUT2D eigenvalue weighted by Gasteiger charge is 2.44. The summed E-state index contributed by atoms with van der Waals surface area (Å²) in [4.78, 5) is 10.6. The zero-order valence-electron chi connectivity index (χ0n) is 28.1. The van der Waals surface area contributed by atoms with E-state index < -0.39 is 0 Å². The lowest BCUT2D eigenvalue weighted by molar-refractivity contribution is 0.353. The predicted molar refractivity (Wildman–Crippen MR) is 211 cm³/mol. The molecule has 10 rings (SSSR count). The fourth-order valence-corrected chi connectivity index (χ4v) is 9.87. The number of hydrogen-bond acceptors (Lipinski definition) is 4. The van der Waals surface area contributed by atoms with Crippen LogP contribution in [0.5, 0.6) is 0 Å². The number of rotatable bonds is 4. The molecule has 8 aromatic rings.